The van der Waals surface area contributed by atoms with Crippen LogP contribution in [0.1, 0.15) is 21.3 Å². The van der Waals surface area contributed by atoms with Crippen molar-refractivity contribution in [3.63, 3.8) is 0 Å². The molecule has 0 aliphatic carbocycles. The topological polar surface area (TPSA) is 20.3 Å². The van der Waals surface area contributed by atoms with Gasteiger partial charge in [-0.2, -0.15) is 0 Å². The van der Waals surface area contributed by atoms with Gasteiger partial charge in [-0.15, -0.1) is 11.8 Å². The third-order valence-corrected chi connectivity index (χ3v) is 5.49. The Bertz CT molecular complexity index is 722. The predicted molar refractivity (Wildman–Crippen MR) is 94.1 cm³/mol. The van der Waals surface area contributed by atoms with Crippen LogP contribution in [-0.2, 0) is 0 Å². The van der Waals surface area contributed by atoms with Crippen molar-refractivity contribution < 1.29 is 4.79 Å². The van der Waals surface area contributed by atoms with Gasteiger partial charge in [-0.1, -0.05) is 46.9 Å². The van der Waals surface area contributed by atoms with Crippen molar-refractivity contribution in [2.45, 2.75) is 5.37 Å². The molecule has 2 nitrogen and oxygen atoms in total. The molecule has 114 valence electrons. The van der Waals surface area contributed by atoms with Crippen molar-refractivity contribution in [1.29, 1.82) is 0 Å². The van der Waals surface area contributed by atoms with Crippen molar-refractivity contribution in [2.75, 3.05) is 12.3 Å². The Labute approximate surface area is 148 Å². The fourth-order valence-electron chi connectivity index (χ4n) is 2.43. The van der Waals surface area contributed by atoms with E-state index in [2.05, 4.69) is 0 Å². The van der Waals surface area contributed by atoms with E-state index in [9.17, 15) is 4.79 Å². The first kappa shape index (κ1) is 16.0. The summed E-state index contributed by atoms with van der Waals surface area (Å²) >= 11 is 19.8. The van der Waals surface area contributed by atoms with Gasteiger partial charge in [-0.05, 0) is 35.9 Å². The second-order valence-corrected chi connectivity index (χ2v) is 7.37. The van der Waals surface area contributed by atoms with Gasteiger partial charge in [0.15, 0.2) is 0 Å². The SMILES string of the molecule is O=C(c1ccc(Cl)cc1Cl)N1CCS[C@@H]1c1cccc(Cl)c1. The van der Waals surface area contributed by atoms with E-state index >= 15 is 0 Å². The van der Waals surface area contributed by atoms with Crippen LogP contribution >= 0.6 is 46.6 Å². The monoisotopic (exact) mass is 371 g/mol. The van der Waals surface area contributed by atoms with Gasteiger partial charge in [0, 0.05) is 22.3 Å². The van der Waals surface area contributed by atoms with Gasteiger partial charge >= 0.3 is 0 Å². The molecule has 1 saturated heterocycles. The first-order valence-electron chi connectivity index (χ1n) is 6.69. The van der Waals surface area contributed by atoms with Gasteiger partial charge in [0.2, 0.25) is 0 Å². The number of nitrogens with zero attached hydrogens (tertiary/aromatic N) is 1. The van der Waals surface area contributed by atoms with E-state index in [1.807, 2.05) is 29.2 Å². The molecule has 0 N–H and O–H groups in total. The normalized spacial score (nSPS) is 17.8. The summed E-state index contributed by atoms with van der Waals surface area (Å²) in [5.74, 6) is 0.797. The summed E-state index contributed by atoms with van der Waals surface area (Å²) < 4.78 is 0. The Morgan fingerprint density at radius 2 is 1.86 bits per heavy atom. The molecule has 1 aliphatic rings. The molecule has 0 spiro atoms. The molecule has 2 aromatic carbocycles. The largest absolute Gasteiger partial charge is 0.322 e. The average Bonchev–Trinajstić information content (AvgIpc) is 2.96. The number of benzene rings is 2. The van der Waals surface area contributed by atoms with Gasteiger partial charge in [0.1, 0.15) is 5.37 Å². The third kappa shape index (κ3) is 3.23. The van der Waals surface area contributed by atoms with Crippen molar-refractivity contribution in [3.8, 4) is 0 Å². The number of carbonyl (C=O) groups is 1. The number of hydrogen-bond acceptors (Lipinski definition) is 2. The summed E-state index contributed by atoms with van der Waals surface area (Å²) in [4.78, 5) is 14.6. The van der Waals surface area contributed by atoms with E-state index in [1.54, 1.807) is 30.0 Å². The molecule has 0 aromatic heterocycles. The first-order chi connectivity index (χ1) is 10.6. The zero-order valence-corrected chi connectivity index (χ0v) is 14.5. The molecule has 22 heavy (non-hydrogen) atoms. The summed E-state index contributed by atoms with van der Waals surface area (Å²) in [5.41, 5.74) is 1.49. The summed E-state index contributed by atoms with van der Waals surface area (Å²) in [5, 5.41) is 1.52. The molecule has 0 bridgehead atoms. The minimum Gasteiger partial charge on any atom is -0.322 e. The van der Waals surface area contributed by atoms with E-state index < -0.39 is 0 Å². The van der Waals surface area contributed by atoms with Crippen molar-refractivity contribution in [2.24, 2.45) is 0 Å². The molecule has 0 radical (unpaired) electrons. The first-order valence-corrected chi connectivity index (χ1v) is 8.87. The van der Waals surface area contributed by atoms with E-state index in [0.29, 0.717) is 27.2 Å². The minimum absolute atomic E-state index is 0.0436. The predicted octanol–water partition coefficient (Wildman–Crippen LogP) is 5.53. The summed E-state index contributed by atoms with van der Waals surface area (Å²) in [6.07, 6.45) is 0. The quantitative estimate of drug-likeness (QED) is 0.690. The Kier molecular flexibility index (Phi) is 4.88. The molecule has 6 heteroatoms. The van der Waals surface area contributed by atoms with Crippen LogP contribution in [0.4, 0.5) is 0 Å². The summed E-state index contributed by atoms with van der Waals surface area (Å²) in [6.45, 7) is 0.680. The van der Waals surface area contributed by atoms with Crippen molar-refractivity contribution >= 4 is 52.5 Å². The Morgan fingerprint density at radius 3 is 2.59 bits per heavy atom. The highest BCUT2D eigenvalue weighted by Crippen LogP contribution is 2.40. The summed E-state index contributed by atoms with van der Waals surface area (Å²) in [7, 11) is 0. The molecular formula is C16H12Cl3NOS. The standard InChI is InChI=1S/C16H12Cl3NOS/c17-11-3-1-2-10(8-11)16-20(6-7-22-16)15(21)13-5-4-12(18)9-14(13)19/h1-5,8-9,16H,6-7H2/t16-/m1/s1. The fraction of sp³-hybridized carbons (Fsp3) is 0.188. The molecule has 1 fully saturated rings. The maximum atomic E-state index is 12.8. The maximum absolute atomic E-state index is 12.8. The lowest BCUT2D eigenvalue weighted by atomic mass is 10.1. The van der Waals surface area contributed by atoms with Crippen LogP contribution in [0.3, 0.4) is 0 Å². The zero-order valence-electron chi connectivity index (χ0n) is 11.4. The zero-order chi connectivity index (χ0) is 15.7. The van der Waals surface area contributed by atoms with E-state index in [1.165, 1.54) is 0 Å². The highest BCUT2D eigenvalue weighted by molar-refractivity contribution is 7.99. The van der Waals surface area contributed by atoms with Gasteiger partial charge in [-0.3, -0.25) is 4.79 Å². The second kappa shape index (κ2) is 6.71. The number of thioether (sulfide) groups is 1. The lowest BCUT2D eigenvalue weighted by molar-refractivity contribution is 0.0760. The molecule has 0 unspecified atom stereocenters. The van der Waals surface area contributed by atoms with Crippen LogP contribution < -0.4 is 0 Å². The minimum atomic E-state index is -0.0864. The number of carbonyl (C=O) groups excluding carboxylic acids is 1. The van der Waals surface area contributed by atoms with E-state index in [0.717, 1.165) is 11.3 Å². The summed E-state index contributed by atoms with van der Waals surface area (Å²) in [6, 6.07) is 12.5. The molecule has 1 atom stereocenters. The fourth-order valence-corrected chi connectivity index (χ4v) is 4.37. The smallest absolute Gasteiger partial charge is 0.256 e. The molecule has 1 heterocycles. The third-order valence-electron chi connectivity index (χ3n) is 3.45. The molecule has 1 amide bonds. The number of halogens is 3. The van der Waals surface area contributed by atoms with Gasteiger partial charge < -0.3 is 4.90 Å². The van der Waals surface area contributed by atoms with Crippen molar-refractivity contribution in [3.05, 3.63) is 68.7 Å². The van der Waals surface area contributed by atoms with Crippen LogP contribution in [0.15, 0.2) is 42.5 Å². The molecule has 1 aliphatic heterocycles. The van der Waals surface area contributed by atoms with Gasteiger partial charge in [-0.25, -0.2) is 0 Å². The lowest BCUT2D eigenvalue weighted by Gasteiger charge is -2.24. The lowest BCUT2D eigenvalue weighted by Crippen LogP contribution is -2.30. The van der Waals surface area contributed by atoms with E-state index in [-0.39, 0.29) is 11.3 Å². The molecule has 2 aromatic rings. The van der Waals surface area contributed by atoms with Crippen LogP contribution in [0.5, 0.6) is 0 Å². The van der Waals surface area contributed by atoms with Crippen LogP contribution in [0.2, 0.25) is 15.1 Å². The molecular weight excluding hydrogens is 361 g/mol. The molecule has 3 rings (SSSR count). The van der Waals surface area contributed by atoms with Crippen LogP contribution in [-0.4, -0.2) is 23.1 Å². The number of amides is 1. The highest BCUT2D eigenvalue weighted by atomic mass is 35.5. The Hall–Kier alpha value is -0.870. The van der Waals surface area contributed by atoms with Crippen LogP contribution in [0, 0.1) is 0 Å². The van der Waals surface area contributed by atoms with Crippen LogP contribution in [0.25, 0.3) is 0 Å². The number of rotatable bonds is 2. The highest BCUT2D eigenvalue weighted by Gasteiger charge is 2.32. The van der Waals surface area contributed by atoms with E-state index in [4.69, 9.17) is 34.8 Å². The maximum Gasteiger partial charge on any atom is 0.256 e. The van der Waals surface area contributed by atoms with Gasteiger partial charge in [0.25, 0.3) is 5.91 Å². The Morgan fingerprint density at radius 1 is 1.09 bits per heavy atom. The Balaban J connectivity index is 1.91. The van der Waals surface area contributed by atoms with Crippen molar-refractivity contribution in [1.82, 2.24) is 4.90 Å². The number of hydrogen-bond donors (Lipinski definition) is 0. The second-order valence-electron chi connectivity index (χ2n) is 4.90. The average molecular weight is 373 g/mol. The van der Waals surface area contributed by atoms with Gasteiger partial charge in [0.05, 0.1) is 10.6 Å². The molecule has 0 saturated carbocycles.